The number of aliphatic hydroxyl groups excluding tert-OH is 1. The Kier molecular flexibility index (Phi) is 5.99. The summed E-state index contributed by atoms with van der Waals surface area (Å²) in [6.07, 6.45) is 16.2. The van der Waals surface area contributed by atoms with Gasteiger partial charge in [0.25, 0.3) is 0 Å². The number of aliphatic hydroxyl groups is 1. The summed E-state index contributed by atoms with van der Waals surface area (Å²) < 4.78 is 0. The first-order valence-corrected chi connectivity index (χ1v) is 6.36. The topological polar surface area (TPSA) is 20.2 Å². The Bertz CT molecular complexity index is 431. The maximum atomic E-state index is 9.06. The van der Waals surface area contributed by atoms with E-state index < -0.39 is 0 Å². The van der Waals surface area contributed by atoms with Gasteiger partial charge in [-0.15, -0.1) is 0 Å². The second kappa shape index (κ2) is 7.54. The van der Waals surface area contributed by atoms with E-state index >= 15 is 0 Å². The van der Waals surface area contributed by atoms with Crippen LogP contribution < -0.4 is 0 Å². The normalized spacial score (nSPS) is 16.4. The standard InChI is InChI=1S/C17H22O/c1-4-16(17-8-6-5-7-9-17)13-11-14(2)10-12-15(3)18/h4-6,8,11,13,18H,1,3,7,9-10,12H2,2H3/b14-11+,16-13+. The van der Waals surface area contributed by atoms with Gasteiger partial charge in [0, 0.05) is 6.42 Å². The first kappa shape index (κ1) is 14.3. The third-order valence-corrected chi connectivity index (χ3v) is 2.96. The zero-order chi connectivity index (χ0) is 13.4. The van der Waals surface area contributed by atoms with E-state index in [9.17, 15) is 0 Å². The van der Waals surface area contributed by atoms with Crippen LogP contribution >= 0.6 is 0 Å². The number of hydrogen-bond donors (Lipinski definition) is 1. The van der Waals surface area contributed by atoms with E-state index in [2.05, 4.69) is 50.5 Å². The molecule has 1 aliphatic rings. The van der Waals surface area contributed by atoms with Crippen molar-refractivity contribution in [1.29, 1.82) is 0 Å². The fourth-order valence-electron chi connectivity index (χ4n) is 1.81. The quantitative estimate of drug-likeness (QED) is 0.503. The van der Waals surface area contributed by atoms with Gasteiger partial charge in [-0.1, -0.05) is 55.2 Å². The molecule has 1 nitrogen and oxygen atoms in total. The Morgan fingerprint density at radius 3 is 2.72 bits per heavy atom. The molecule has 0 atom stereocenters. The molecule has 0 aromatic carbocycles. The third-order valence-electron chi connectivity index (χ3n) is 2.96. The van der Waals surface area contributed by atoms with Crippen molar-refractivity contribution in [1.82, 2.24) is 0 Å². The fraction of sp³-hybridized carbons (Fsp3) is 0.294. The smallest absolute Gasteiger partial charge is 0.0854 e. The van der Waals surface area contributed by atoms with Gasteiger partial charge in [0.2, 0.25) is 0 Å². The summed E-state index contributed by atoms with van der Waals surface area (Å²) in [5.74, 6) is 0.246. The molecular weight excluding hydrogens is 220 g/mol. The van der Waals surface area contributed by atoms with E-state index in [1.165, 1.54) is 16.7 Å². The first-order valence-electron chi connectivity index (χ1n) is 6.36. The molecule has 0 radical (unpaired) electrons. The molecule has 0 amide bonds. The highest BCUT2D eigenvalue weighted by molar-refractivity contribution is 5.44. The van der Waals surface area contributed by atoms with Crippen LogP contribution in [0.4, 0.5) is 0 Å². The highest BCUT2D eigenvalue weighted by Crippen LogP contribution is 2.21. The average Bonchev–Trinajstić information content (AvgIpc) is 2.38. The van der Waals surface area contributed by atoms with Gasteiger partial charge in [0.15, 0.2) is 0 Å². The molecule has 1 heteroatoms. The highest BCUT2D eigenvalue weighted by Gasteiger charge is 2.02. The van der Waals surface area contributed by atoms with E-state index in [4.69, 9.17) is 5.11 Å². The second-order valence-corrected chi connectivity index (χ2v) is 4.56. The number of hydrogen-bond acceptors (Lipinski definition) is 1. The molecule has 0 spiro atoms. The zero-order valence-corrected chi connectivity index (χ0v) is 11.2. The van der Waals surface area contributed by atoms with Crippen molar-refractivity contribution in [3.63, 3.8) is 0 Å². The maximum Gasteiger partial charge on any atom is 0.0854 e. The van der Waals surface area contributed by atoms with Gasteiger partial charge in [0.1, 0.15) is 0 Å². The van der Waals surface area contributed by atoms with Crippen molar-refractivity contribution in [2.24, 2.45) is 0 Å². The van der Waals surface area contributed by atoms with Gasteiger partial charge in [-0.2, -0.15) is 0 Å². The molecular formula is C17H22O. The van der Waals surface area contributed by atoms with Crippen molar-refractivity contribution in [3.05, 3.63) is 72.1 Å². The van der Waals surface area contributed by atoms with Crippen LogP contribution in [0.15, 0.2) is 72.1 Å². The van der Waals surface area contributed by atoms with Crippen molar-refractivity contribution in [2.75, 3.05) is 0 Å². The lowest BCUT2D eigenvalue weighted by atomic mass is 9.96. The van der Waals surface area contributed by atoms with Crippen LogP contribution in [-0.2, 0) is 0 Å². The molecule has 0 unspecified atom stereocenters. The first-order chi connectivity index (χ1) is 8.63. The van der Waals surface area contributed by atoms with Gasteiger partial charge in [-0.3, -0.25) is 0 Å². The molecule has 0 saturated heterocycles. The van der Waals surface area contributed by atoms with Gasteiger partial charge >= 0.3 is 0 Å². The molecule has 0 heterocycles. The molecule has 0 aromatic rings. The third kappa shape index (κ3) is 5.05. The van der Waals surface area contributed by atoms with E-state index in [1.807, 2.05) is 6.08 Å². The molecule has 0 bridgehead atoms. The molecule has 1 aliphatic carbocycles. The Morgan fingerprint density at radius 1 is 1.39 bits per heavy atom. The summed E-state index contributed by atoms with van der Waals surface area (Å²) in [4.78, 5) is 0. The van der Waals surface area contributed by atoms with Gasteiger partial charge in [-0.25, -0.2) is 0 Å². The Balaban J connectivity index is 2.69. The summed E-state index contributed by atoms with van der Waals surface area (Å²) in [7, 11) is 0. The number of allylic oxidation sites excluding steroid dienone is 10. The van der Waals surface area contributed by atoms with Crippen LogP contribution in [0, 0.1) is 0 Å². The largest absolute Gasteiger partial charge is 0.513 e. The van der Waals surface area contributed by atoms with Crippen LogP contribution in [0.2, 0.25) is 0 Å². The van der Waals surface area contributed by atoms with Crippen molar-refractivity contribution in [3.8, 4) is 0 Å². The lowest BCUT2D eigenvalue weighted by Gasteiger charge is -2.09. The lowest BCUT2D eigenvalue weighted by molar-refractivity contribution is 0.391. The van der Waals surface area contributed by atoms with Gasteiger partial charge < -0.3 is 5.11 Å². The summed E-state index contributed by atoms with van der Waals surface area (Å²) in [5.41, 5.74) is 3.75. The van der Waals surface area contributed by atoms with E-state index in [0.717, 1.165) is 19.3 Å². The number of rotatable bonds is 6. The summed E-state index contributed by atoms with van der Waals surface area (Å²) >= 11 is 0. The Labute approximate surface area is 110 Å². The lowest BCUT2D eigenvalue weighted by Crippen LogP contribution is -1.90. The van der Waals surface area contributed by atoms with E-state index in [0.29, 0.717) is 6.42 Å². The molecule has 0 fully saturated rings. The fourth-order valence-corrected chi connectivity index (χ4v) is 1.81. The van der Waals surface area contributed by atoms with Gasteiger partial charge in [0.05, 0.1) is 5.76 Å². The summed E-state index contributed by atoms with van der Waals surface area (Å²) in [6, 6.07) is 0. The van der Waals surface area contributed by atoms with E-state index in [-0.39, 0.29) is 5.76 Å². The maximum absolute atomic E-state index is 9.06. The molecule has 1 rings (SSSR count). The Hall–Kier alpha value is -1.76. The van der Waals surface area contributed by atoms with Crippen LogP contribution in [0.1, 0.15) is 32.6 Å². The highest BCUT2D eigenvalue weighted by atomic mass is 16.3. The minimum atomic E-state index is 0.246. The molecule has 1 N–H and O–H groups in total. The summed E-state index contributed by atoms with van der Waals surface area (Å²) in [5, 5.41) is 9.06. The SMILES string of the molecule is C=C/C(=C\C=C(/C)CCC(=C)O)C1=CC=CCC1. The van der Waals surface area contributed by atoms with Crippen molar-refractivity contribution < 1.29 is 5.11 Å². The predicted octanol–water partition coefficient (Wildman–Crippen LogP) is 5.17. The predicted molar refractivity (Wildman–Crippen MR) is 79.5 cm³/mol. The Morgan fingerprint density at radius 2 is 2.17 bits per heavy atom. The van der Waals surface area contributed by atoms with Crippen LogP contribution in [0.5, 0.6) is 0 Å². The monoisotopic (exact) mass is 242 g/mol. The zero-order valence-electron chi connectivity index (χ0n) is 11.2. The second-order valence-electron chi connectivity index (χ2n) is 4.56. The molecule has 0 aromatic heterocycles. The molecule has 0 saturated carbocycles. The van der Waals surface area contributed by atoms with Crippen molar-refractivity contribution in [2.45, 2.75) is 32.6 Å². The summed E-state index contributed by atoms with van der Waals surface area (Å²) in [6.45, 7) is 9.43. The molecule has 18 heavy (non-hydrogen) atoms. The van der Waals surface area contributed by atoms with Crippen molar-refractivity contribution >= 4 is 0 Å². The average molecular weight is 242 g/mol. The van der Waals surface area contributed by atoms with E-state index in [1.54, 1.807) is 0 Å². The van der Waals surface area contributed by atoms with Crippen LogP contribution in [-0.4, -0.2) is 5.11 Å². The minimum absolute atomic E-state index is 0.246. The van der Waals surface area contributed by atoms with Gasteiger partial charge in [-0.05, 0) is 37.3 Å². The molecule has 0 aliphatic heterocycles. The molecule has 96 valence electrons. The van der Waals surface area contributed by atoms with Crippen LogP contribution in [0.25, 0.3) is 0 Å². The minimum Gasteiger partial charge on any atom is -0.513 e. The van der Waals surface area contributed by atoms with Crippen LogP contribution in [0.3, 0.4) is 0 Å².